The fourth-order valence-electron chi connectivity index (χ4n) is 4.51. The molecule has 2 heterocycles. The highest BCUT2D eigenvalue weighted by atomic mass is 35.5. The normalized spacial score (nSPS) is 29.6. The lowest BCUT2D eigenvalue weighted by molar-refractivity contribution is -0.182. The van der Waals surface area contributed by atoms with E-state index in [1.165, 1.54) is 15.6 Å². The Hall–Kier alpha value is -0.130. The Morgan fingerprint density at radius 2 is 1.67 bits per heavy atom. The van der Waals surface area contributed by atoms with Crippen LogP contribution in [0.1, 0.15) is 32.1 Å². The molecule has 2 saturated heterocycles. The van der Waals surface area contributed by atoms with Crippen molar-refractivity contribution in [1.82, 2.24) is 19.2 Å². The Bertz CT molecular complexity index is 573. The first-order valence-corrected chi connectivity index (χ1v) is 11.0. The van der Waals surface area contributed by atoms with Gasteiger partial charge >= 0.3 is 6.18 Å². The van der Waals surface area contributed by atoms with Crippen LogP contribution in [0.2, 0.25) is 0 Å². The van der Waals surface area contributed by atoms with Gasteiger partial charge in [0.15, 0.2) is 0 Å². The van der Waals surface area contributed by atoms with E-state index in [1.54, 1.807) is 0 Å². The van der Waals surface area contributed by atoms with E-state index in [-0.39, 0.29) is 25.5 Å². The summed E-state index contributed by atoms with van der Waals surface area (Å²) >= 11 is 0. The molecule has 160 valence electrons. The van der Waals surface area contributed by atoms with Crippen LogP contribution in [-0.2, 0) is 10.2 Å². The van der Waals surface area contributed by atoms with E-state index < -0.39 is 29.0 Å². The number of nitrogens with one attached hydrogen (secondary N) is 2. The van der Waals surface area contributed by atoms with E-state index in [9.17, 15) is 21.6 Å². The molecule has 6 nitrogen and oxygen atoms in total. The van der Waals surface area contributed by atoms with Gasteiger partial charge in [0.1, 0.15) is 6.04 Å². The highest BCUT2D eigenvalue weighted by Crippen LogP contribution is 2.36. The molecular formula is C16H30ClF3N4O2S. The Labute approximate surface area is 165 Å². The van der Waals surface area contributed by atoms with Crippen LogP contribution in [0.25, 0.3) is 0 Å². The third-order valence-electron chi connectivity index (χ3n) is 6.02. The lowest BCUT2D eigenvalue weighted by atomic mass is 9.76. The van der Waals surface area contributed by atoms with Crippen LogP contribution in [0.3, 0.4) is 0 Å². The van der Waals surface area contributed by atoms with Crippen LogP contribution in [-0.4, -0.2) is 75.7 Å². The molecule has 0 aromatic carbocycles. The second-order valence-electron chi connectivity index (χ2n) is 7.65. The molecule has 0 amide bonds. The first-order valence-electron chi connectivity index (χ1n) is 9.53. The van der Waals surface area contributed by atoms with Gasteiger partial charge in [-0.1, -0.05) is 19.3 Å². The number of fused-ring (bicyclic) bond motifs is 1. The van der Waals surface area contributed by atoms with Gasteiger partial charge in [0, 0.05) is 45.8 Å². The average Bonchev–Trinajstić information content (AvgIpc) is 2.61. The van der Waals surface area contributed by atoms with Crippen molar-refractivity contribution in [1.29, 1.82) is 0 Å². The molecule has 3 fully saturated rings. The molecule has 0 aromatic heterocycles. The SMILES string of the molecule is Cl.O=S(=O)(NCC(N1CCNCC1)C(F)(F)F)N1CCC2CCCCC2C1. The average molecular weight is 435 g/mol. The summed E-state index contributed by atoms with van der Waals surface area (Å²) < 4.78 is 69.1. The maximum absolute atomic E-state index is 13.4. The molecule has 0 bridgehead atoms. The van der Waals surface area contributed by atoms with E-state index in [2.05, 4.69) is 10.0 Å². The summed E-state index contributed by atoms with van der Waals surface area (Å²) in [6.45, 7) is 1.70. The topological polar surface area (TPSA) is 64.7 Å². The number of hydrogen-bond donors (Lipinski definition) is 2. The number of nitrogens with zero attached hydrogens (tertiary/aromatic N) is 2. The standard InChI is InChI=1S/C16H29F3N4O2S.ClH/c17-16(18,19)15(22-9-6-20-7-10-22)11-21-26(24,25)23-8-5-13-3-1-2-4-14(13)12-23;/h13-15,20-21H,1-12H2;1H. The van der Waals surface area contributed by atoms with Crippen molar-refractivity contribution in [2.45, 2.75) is 44.3 Å². The molecule has 3 aliphatic rings. The van der Waals surface area contributed by atoms with Gasteiger partial charge in [-0.25, -0.2) is 4.72 Å². The molecule has 3 atom stereocenters. The third kappa shape index (κ3) is 5.93. The number of hydrogen-bond acceptors (Lipinski definition) is 4. The second-order valence-corrected chi connectivity index (χ2v) is 9.40. The minimum atomic E-state index is -4.46. The van der Waals surface area contributed by atoms with Crippen LogP contribution < -0.4 is 10.0 Å². The Balaban J connectivity index is 0.00000261. The van der Waals surface area contributed by atoms with Crippen LogP contribution in [0.4, 0.5) is 13.2 Å². The summed E-state index contributed by atoms with van der Waals surface area (Å²) in [7, 11) is -3.89. The number of piperidine rings is 1. The van der Waals surface area contributed by atoms with Crippen LogP contribution in [0, 0.1) is 11.8 Å². The molecule has 0 spiro atoms. The molecule has 27 heavy (non-hydrogen) atoms. The summed E-state index contributed by atoms with van der Waals surface area (Å²) in [6.07, 6.45) is 0.821. The van der Waals surface area contributed by atoms with Crippen molar-refractivity contribution in [3.8, 4) is 0 Å². The van der Waals surface area contributed by atoms with Crippen molar-refractivity contribution < 1.29 is 21.6 Å². The second kappa shape index (κ2) is 9.58. The van der Waals surface area contributed by atoms with Crippen molar-refractivity contribution in [3.63, 3.8) is 0 Å². The van der Waals surface area contributed by atoms with Gasteiger partial charge < -0.3 is 5.32 Å². The van der Waals surface area contributed by atoms with Gasteiger partial charge in [0.2, 0.25) is 0 Å². The van der Waals surface area contributed by atoms with Gasteiger partial charge in [-0.05, 0) is 24.7 Å². The molecule has 2 aliphatic heterocycles. The first-order chi connectivity index (χ1) is 12.3. The highest BCUT2D eigenvalue weighted by Gasteiger charge is 2.45. The Kier molecular flexibility index (Phi) is 8.21. The molecule has 11 heteroatoms. The predicted molar refractivity (Wildman–Crippen MR) is 100 cm³/mol. The molecule has 3 rings (SSSR count). The molecule has 0 aromatic rings. The summed E-state index contributed by atoms with van der Waals surface area (Å²) in [5.41, 5.74) is 0. The summed E-state index contributed by atoms with van der Waals surface area (Å²) in [6, 6.07) is -1.79. The molecule has 0 radical (unpaired) electrons. The third-order valence-corrected chi connectivity index (χ3v) is 7.57. The van der Waals surface area contributed by atoms with Crippen LogP contribution >= 0.6 is 12.4 Å². The van der Waals surface area contributed by atoms with Gasteiger partial charge in [-0.15, -0.1) is 12.4 Å². The number of piperazine rings is 1. The molecular weight excluding hydrogens is 405 g/mol. The number of alkyl halides is 3. The summed E-state index contributed by atoms with van der Waals surface area (Å²) in [4.78, 5) is 1.31. The quantitative estimate of drug-likeness (QED) is 0.689. The van der Waals surface area contributed by atoms with Gasteiger partial charge in [0.05, 0.1) is 0 Å². The van der Waals surface area contributed by atoms with E-state index in [1.807, 2.05) is 0 Å². The monoisotopic (exact) mass is 434 g/mol. The zero-order valence-electron chi connectivity index (χ0n) is 15.4. The lowest BCUT2D eigenvalue weighted by Crippen LogP contribution is -2.59. The highest BCUT2D eigenvalue weighted by molar-refractivity contribution is 7.87. The fraction of sp³-hybridized carbons (Fsp3) is 1.00. The Morgan fingerprint density at radius 3 is 2.30 bits per heavy atom. The smallest absolute Gasteiger partial charge is 0.314 e. The van der Waals surface area contributed by atoms with E-state index in [0.29, 0.717) is 38.0 Å². The maximum Gasteiger partial charge on any atom is 0.405 e. The first kappa shape index (κ1) is 23.2. The zero-order valence-corrected chi connectivity index (χ0v) is 17.0. The van der Waals surface area contributed by atoms with E-state index >= 15 is 0 Å². The molecule has 1 aliphatic carbocycles. The zero-order chi connectivity index (χ0) is 18.8. The Morgan fingerprint density at radius 1 is 1.04 bits per heavy atom. The predicted octanol–water partition coefficient (Wildman–Crippen LogP) is 1.59. The number of rotatable bonds is 5. The molecule has 2 N–H and O–H groups in total. The van der Waals surface area contributed by atoms with Gasteiger partial charge in [-0.2, -0.15) is 25.9 Å². The number of halogens is 4. The van der Waals surface area contributed by atoms with Gasteiger partial charge in [-0.3, -0.25) is 4.90 Å². The van der Waals surface area contributed by atoms with Crippen molar-refractivity contribution in [2.75, 3.05) is 45.8 Å². The fourth-order valence-corrected chi connectivity index (χ4v) is 5.79. The van der Waals surface area contributed by atoms with E-state index in [4.69, 9.17) is 0 Å². The van der Waals surface area contributed by atoms with E-state index in [0.717, 1.165) is 25.7 Å². The van der Waals surface area contributed by atoms with Crippen molar-refractivity contribution >= 4 is 22.6 Å². The van der Waals surface area contributed by atoms with Crippen LogP contribution in [0.15, 0.2) is 0 Å². The van der Waals surface area contributed by atoms with Crippen LogP contribution in [0.5, 0.6) is 0 Å². The minimum Gasteiger partial charge on any atom is -0.314 e. The minimum absolute atomic E-state index is 0. The van der Waals surface area contributed by atoms with Gasteiger partial charge in [0.25, 0.3) is 10.2 Å². The van der Waals surface area contributed by atoms with Crippen molar-refractivity contribution in [2.24, 2.45) is 11.8 Å². The maximum atomic E-state index is 13.4. The largest absolute Gasteiger partial charge is 0.405 e. The summed E-state index contributed by atoms with van der Waals surface area (Å²) in [5, 5.41) is 3.02. The summed E-state index contributed by atoms with van der Waals surface area (Å²) in [5.74, 6) is 0.916. The molecule has 1 saturated carbocycles. The lowest BCUT2D eigenvalue weighted by Gasteiger charge is -2.41. The van der Waals surface area contributed by atoms with Crippen molar-refractivity contribution in [3.05, 3.63) is 0 Å². The molecule has 3 unspecified atom stereocenters.